The van der Waals surface area contributed by atoms with Gasteiger partial charge in [0, 0.05) is 33.7 Å². The number of Topliss-reactive ketones (excluding diaryl/α,β-unsaturated/α-hetero) is 1. The van der Waals surface area contributed by atoms with E-state index in [1.165, 1.54) is 18.2 Å². The zero-order valence-electron chi connectivity index (χ0n) is 15.1. The predicted molar refractivity (Wildman–Crippen MR) is 101 cm³/mol. The van der Waals surface area contributed by atoms with Gasteiger partial charge in [-0.1, -0.05) is 16.8 Å². The molecule has 0 aliphatic rings. The van der Waals surface area contributed by atoms with Crippen LogP contribution in [0.15, 0.2) is 34.9 Å². The molecule has 3 rings (SSSR count). The minimum absolute atomic E-state index is 0.163. The number of ketones is 1. The molecule has 0 atom stereocenters. The van der Waals surface area contributed by atoms with Gasteiger partial charge in [-0.05, 0) is 45.0 Å². The summed E-state index contributed by atoms with van der Waals surface area (Å²) in [5.74, 6) is 0.251. The van der Waals surface area contributed by atoms with Crippen LogP contribution in [0.4, 0.5) is 5.69 Å². The van der Waals surface area contributed by atoms with Gasteiger partial charge >= 0.3 is 5.97 Å². The van der Waals surface area contributed by atoms with Crippen LogP contribution in [0.3, 0.4) is 0 Å². The van der Waals surface area contributed by atoms with Gasteiger partial charge < -0.3 is 15.0 Å². The van der Waals surface area contributed by atoms with Crippen LogP contribution in [0.5, 0.6) is 0 Å². The van der Waals surface area contributed by atoms with Gasteiger partial charge in [0.05, 0.1) is 5.56 Å². The molecule has 0 unspecified atom stereocenters. The molecule has 8 heteroatoms. The molecule has 0 spiro atoms. The summed E-state index contributed by atoms with van der Waals surface area (Å²) < 4.78 is 12.0. The predicted octanol–water partition coefficient (Wildman–Crippen LogP) is 3.67. The number of anilines is 1. The Bertz CT molecular complexity index is 1040. The average molecular weight is 388 g/mol. The van der Waals surface area contributed by atoms with Crippen LogP contribution in [-0.4, -0.2) is 28.1 Å². The molecule has 2 N–H and O–H groups in total. The Balaban J connectivity index is 1.76. The van der Waals surface area contributed by atoms with Gasteiger partial charge in [-0.3, -0.25) is 9.36 Å². The van der Waals surface area contributed by atoms with Crippen molar-refractivity contribution in [1.29, 1.82) is 0 Å². The van der Waals surface area contributed by atoms with Crippen LogP contribution in [0, 0.1) is 20.8 Å². The van der Waals surface area contributed by atoms with Crippen molar-refractivity contribution in [3.05, 3.63) is 63.6 Å². The maximum atomic E-state index is 12.6. The third-order valence-corrected chi connectivity index (χ3v) is 4.38. The molecule has 0 amide bonds. The van der Waals surface area contributed by atoms with Gasteiger partial charge in [-0.2, -0.15) is 0 Å². The highest BCUT2D eigenvalue weighted by molar-refractivity contribution is 6.31. The second-order valence-electron chi connectivity index (χ2n) is 6.15. The first kappa shape index (κ1) is 18.7. The summed E-state index contributed by atoms with van der Waals surface area (Å²) >= 11 is 5.82. The fourth-order valence-corrected chi connectivity index (χ4v) is 3.04. The number of hydrogen-bond donors (Lipinski definition) is 1. The van der Waals surface area contributed by atoms with E-state index in [4.69, 9.17) is 26.6 Å². The molecule has 27 heavy (non-hydrogen) atoms. The number of nitrogen functional groups attached to an aromatic ring is 1. The number of esters is 1. The first-order valence-corrected chi connectivity index (χ1v) is 8.53. The largest absolute Gasteiger partial charge is 0.454 e. The maximum Gasteiger partial charge on any atom is 0.340 e. The number of rotatable bonds is 5. The standard InChI is InChI=1S/C19H18ClN3O4/c1-10-6-15(12(3)23(10)18-7-11(2)27-22-18)17(24)9-26-19(25)14-5-4-13(20)8-16(14)21/h4-8H,9,21H2,1-3H3. The summed E-state index contributed by atoms with van der Waals surface area (Å²) in [5.41, 5.74) is 8.07. The number of aromatic nitrogens is 2. The second kappa shape index (κ2) is 7.28. The summed E-state index contributed by atoms with van der Waals surface area (Å²) in [5, 5.41) is 4.39. The van der Waals surface area contributed by atoms with Crippen LogP contribution in [0.25, 0.3) is 5.82 Å². The number of benzene rings is 1. The number of ether oxygens (including phenoxy) is 1. The third kappa shape index (κ3) is 3.73. The van der Waals surface area contributed by atoms with Crippen molar-refractivity contribution in [1.82, 2.24) is 9.72 Å². The lowest BCUT2D eigenvalue weighted by Crippen LogP contribution is -2.16. The van der Waals surface area contributed by atoms with Crippen molar-refractivity contribution in [3.8, 4) is 5.82 Å². The van der Waals surface area contributed by atoms with E-state index in [0.29, 0.717) is 27.9 Å². The number of nitrogens with zero attached hydrogens (tertiary/aromatic N) is 2. The number of carbonyl (C=O) groups is 2. The molecule has 0 fully saturated rings. The molecule has 2 aromatic heterocycles. The van der Waals surface area contributed by atoms with Crippen molar-refractivity contribution in [2.75, 3.05) is 12.3 Å². The topological polar surface area (TPSA) is 100 Å². The highest BCUT2D eigenvalue weighted by Crippen LogP contribution is 2.22. The molecule has 3 aromatic rings. The first-order valence-electron chi connectivity index (χ1n) is 8.16. The zero-order chi connectivity index (χ0) is 19.7. The zero-order valence-corrected chi connectivity index (χ0v) is 15.8. The summed E-state index contributed by atoms with van der Waals surface area (Å²) in [6, 6.07) is 7.95. The fourth-order valence-electron chi connectivity index (χ4n) is 2.86. The first-order chi connectivity index (χ1) is 12.8. The fraction of sp³-hybridized carbons (Fsp3) is 0.211. The molecule has 0 aliphatic carbocycles. The van der Waals surface area contributed by atoms with Crippen molar-refractivity contribution in [3.63, 3.8) is 0 Å². The molecule has 7 nitrogen and oxygen atoms in total. The number of nitrogens with two attached hydrogens (primary N) is 1. The Morgan fingerprint density at radius 1 is 1.19 bits per heavy atom. The lowest BCUT2D eigenvalue weighted by atomic mass is 10.1. The van der Waals surface area contributed by atoms with Gasteiger partial charge in [-0.25, -0.2) is 4.79 Å². The Morgan fingerprint density at radius 3 is 2.56 bits per heavy atom. The van der Waals surface area contributed by atoms with Crippen molar-refractivity contribution in [2.24, 2.45) is 0 Å². The van der Waals surface area contributed by atoms with Crippen LogP contribution in [-0.2, 0) is 4.74 Å². The molecule has 1 aromatic carbocycles. The van der Waals surface area contributed by atoms with Crippen LogP contribution in [0.1, 0.15) is 37.9 Å². The van der Waals surface area contributed by atoms with Gasteiger partial charge in [0.15, 0.2) is 12.4 Å². The minimum atomic E-state index is -0.682. The summed E-state index contributed by atoms with van der Waals surface area (Å²) in [6.45, 7) is 5.04. The van der Waals surface area contributed by atoms with E-state index in [0.717, 1.165) is 5.69 Å². The van der Waals surface area contributed by atoms with Crippen molar-refractivity contribution < 1.29 is 18.8 Å². The average Bonchev–Trinajstić information content (AvgIpc) is 3.15. The number of halogens is 1. The van der Waals surface area contributed by atoms with Crippen molar-refractivity contribution in [2.45, 2.75) is 20.8 Å². The Labute approximate surface area is 160 Å². The Morgan fingerprint density at radius 2 is 1.93 bits per heavy atom. The third-order valence-electron chi connectivity index (χ3n) is 4.14. The molecule has 0 saturated carbocycles. The van der Waals surface area contributed by atoms with E-state index in [-0.39, 0.29) is 17.0 Å². The van der Waals surface area contributed by atoms with Crippen LogP contribution < -0.4 is 5.73 Å². The Hall–Kier alpha value is -3.06. The molecule has 2 heterocycles. The molecule has 0 bridgehead atoms. The van der Waals surface area contributed by atoms with Crippen LogP contribution in [0.2, 0.25) is 5.02 Å². The van der Waals surface area contributed by atoms with E-state index in [2.05, 4.69) is 5.16 Å². The van der Waals surface area contributed by atoms with E-state index in [9.17, 15) is 9.59 Å². The van der Waals surface area contributed by atoms with E-state index in [1.54, 1.807) is 26.0 Å². The van der Waals surface area contributed by atoms with E-state index >= 15 is 0 Å². The number of carbonyl (C=O) groups excluding carboxylic acids is 2. The van der Waals surface area contributed by atoms with E-state index in [1.807, 2.05) is 11.5 Å². The monoisotopic (exact) mass is 387 g/mol. The molecular formula is C19H18ClN3O4. The SMILES string of the molecule is Cc1cc(-n2c(C)cc(C(=O)COC(=O)c3ccc(Cl)cc3N)c2C)no1. The molecule has 0 radical (unpaired) electrons. The van der Waals surface area contributed by atoms with Crippen molar-refractivity contribution >= 4 is 29.0 Å². The second-order valence-corrected chi connectivity index (χ2v) is 6.58. The smallest absolute Gasteiger partial charge is 0.340 e. The minimum Gasteiger partial charge on any atom is -0.454 e. The highest BCUT2D eigenvalue weighted by Gasteiger charge is 2.20. The van der Waals surface area contributed by atoms with Gasteiger partial charge in [0.2, 0.25) is 5.78 Å². The van der Waals surface area contributed by atoms with Gasteiger partial charge in [0.25, 0.3) is 0 Å². The quantitative estimate of drug-likeness (QED) is 0.407. The van der Waals surface area contributed by atoms with Crippen LogP contribution >= 0.6 is 11.6 Å². The molecule has 0 aliphatic heterocycles. The number of hydrogen-bond acceptors (Lipinski definition) is 6. The Kier molecular flexibility index (Phi) is 5.05. The summed E-state index contributed by atoms with van der Waals surface area (Å²) in [7, 11) is 0. The number of aryl methyl sites for hydroxylation is 2. The molecule has 140 valence electrons. The maximum absolute atomic E-state index is 12.6. The summed E-state index contributed by atoms with van der Waals surface area (Å²) in [4.78, 5) is 24.7. The van der Waals surface area contributed by atoms with E-state index < -0.39 is 12.6 Å². The molecular weight excluding hydrogens is 370 g/mol. The normalized spacial score (nSPS) is 10.8. The summed E-state index contributed by atoms with van der Waals surface area (Å²) in [6.07, 6.45) is 0. The highest BCUT2D eigenvalue weighted by atomic mass is 35.5. The van der Waals surface area contributed by atoms with Gasteiger partial charge in [-0.15, -0.1) is 0 Å². The molecule has 0 saturated heterocycles. The van der Waals surface area contributed by atoms with Gasteiger partial charge in [0.1, 0.15) is 5.76 Å². The lowest BCUT2D eigenvalue weighted by molar-refractivity contribution is 0.0475. The lowest BCUT2D eigenvalue weighted by Gasteiger charge is -2.07.